The Hall–Kier alpha value is -1.10. The number of nitrogens with zero attached hydrogens (tertiary/aromatic N) is 3. The zero-order valence-corrected chi connectivity index (χ0v) is 10.5. The average Bonchev–Trinajstić information content (AvgIpc) is 2.38. The number of hydrogen-bond donors (Lipinski definition) is 0. The number of likely N-dealkylation sites (N-methyl/N-ethyl adjacent to an activating group) is 2. The van der Waals surface area contributed by atoms with E-state index < -0.39 is 5.54 Å². The fourth-order valence-corrected chi connectivity index (χ4v) is 2.58. The predicted octanol–water partition coefficient (Wildman–Crippen LogP) is -0.274. The van der Waals surface area contributed by atoms with Crippen LogP contribution in [0.5, 0.6) is 0 Å². The largest absolute Gasteiger partial charge is 0.341 e. The molecule has 2 heterocycles. The molecule has 0 aliphatic carbocycles. The first kappa shape index (κ1) is 11.4. The molecule has 5 heteroatoms. The summed E-state index contributed by atoms with van der Waals surface area (Å²) in [6.45, 7) is 6.21. The standard InChI is InChI=1S/C11H19N3O2/c1-7-9(15)12(4)6-8-13(5)11(2,3)10(16)14(7)8/h7-8H,6H2,1-5H3. The Morgan fingerprint density at radius 2 is 1.81 bits per heavy atom. The molecule has 2 saturated heterocycles. The van der Waals surface area contributed by atoms with Crippen LogP contribution in [0.4, 0.5) is 0 Å². The van der Waals surface area contributed by atoms with E-state index in [0.29, 0.717) is 6.54 Å². The molecule has 2 amide bonds. The topological polar surface area (TPSA) is 43.9 Å². The van der Waals surface area contributed by atoms with E-state index in [1.807, 2.05) is 20.9 Å². The van der Waals surface area contributed by atoms with E-state index in [2.05, 4.69) is 4.90 Å². The van der Waals surface area contributed by atoms with Crippen LogP contribution in [-0.4, -0.2) is 64.9 Å². The summed E-state index contributed by atoms with van der Waals surface area (Å²) in [5, 5.41) is 0. The number of rotatable bonds is 0. The zero-order valence-electron chi connectivity index (χ0n) is 10.5. The second-order valence-corrected chi connectivity index (χ2v) is 5.26. The zero-order chi connectivity index (χ0) is 12.2. The van der Waals surface area contributed by atoms with Gasteiger partial charge in [-0.1, -0.05) is 0 Å². The molecule has 2 aliphatic heterocycles. The number of fused-ring (bicyclic) bond motifs is 1. The van der Waals surface area contributed by atoms with E-state index in [4.69, 9.17) is 0 Å². The Morgan fingerprint density at radius 1 is 1.25 bits per heavy atom. The third-order valence-corrected chi connectivity index (χ3v) is 4.00. The van der Waals surface area contributed by atoms with E-state index in [1.54, 1.807) is 23.8 Å². The van der Waals surface area contributed by atoms with Crippen molar-refractivity contribution < 1.29 is 9.59 Å². The van der Waals surface area contributed by atoms with Crippen LogP contribution in [0.1, 0.15) is 20.8 Å². The summed E-state index contributed by atoms with van der Waals surface area (Å²) in [4.78, 5) is 29.6. The van der Waals surface area contributed by atoms with Gasteiger partial charge in [0, 0.05) is 7.05 Å². The van der Waals surface area contributed by atoms with Crippen molar-refractivity contribution in [2.24, 2.45) is 0 Å². The van der Waals surface area contributed by atoms with Gasteiger partial charge in [0.1, 0.15) is 12.2 Å². The summed E-state index contributed by atoms with van der Waals surface area (Å²) < 4.78 is 0. The third-order valence-electron chi connectivity index (χ3n) is 4.00. The first-order valence-corrected chi connectivity index (χ1v) is 5.59. The van der Waals surface area contributed by atoms with Crippen molar-refractivity contribution in [3.8, 4) is 0 Å². The molecule has 2 rings (SSSR count). The number of piperazine rings is 1. The van der Waals surface area contributed by atoms with Gasteiger partial charge in [0.15, 0.2) is 0 Å². The maximum atomic E-state index is 12.2. The first-order chi connectivity index (χ1) is 7.28. The molecule has 2 atom stereocenters. The second kappa shape index (κ2) is 3.20. The summed E-state index contributed by atoms with van der Waals surface area (Å²) in [6.07, 6.45) is 0.0141. The average molecular weight is 225 g/mol. The molecule has 2 unspecified atom stereocenters. The fourth-order valence-electron chi connectivity index (χ4n) is 2.58. The molecular formula is C11H19N3O2. The number of carbonyl (C=O) groups excluding carboxylic acids is 2. The van der Waals surface area contributed by atoms with Crippen LogP contribution in [0, 0.1) is 0 Å². The van der Waals surface area contributed by atoms with Crippen LogP contribution in [0.2, 0.25) is 0 Å². The molecule has 0 bridgehead atoms. The van der Waals surface area contributed by atoms with E-state index in [0.717, 1.165) is 0 Å². The van der Waals surface area contributed by atoms with Gasteiger partial charge in [-0.25, -0.2) is 0 Å². The highest BCUT2D eigenvalue weighted by molar-refractivity contribution is 5.94. The van der Waals surface area contributed by atoms with Crippen LogP contribution in [0.15, 0.2) is 0 Å². The van der Waals surface area contributed by atoms with Crippen molar-refractivity contribution in [2.75, 3.05) is 20.6 Å². The van der Waals surface area contributed by atoms with Crippen molar-refractivity contribution in [1.82, 2.24) is 14.7 Å². The lowest BCUT2D eigenvalue weighted by Gasteiger charge is -2.41. The highest BCUT2D eigenvalue weighted by atomic mass is 16.2. The molecule has 0 N–H and O–H groups in total. The number of carbonyl (C=O) groups is 2. The molecular weight excluding hydrogens is 206 g/mol. The highest BCUT2D eigenvalue weighted by Gasteiger charge is 2.55. The van der Waals surface area contributed by atoms with Crippen molar-refractivity contribution in [3.05, 3.63) is 0 Å². The molecule has 0 aromatic rings. The van der Waals surface area contributed by atoms with E-state index in [-0.39, 0.29) is 24.0 Å². The minimum absolute atomic E-state index is 0.0141. The minimum Gasteiger partial charge on any atom is -0.341 e. The van der Waals surface area contributed by atoms with Crippen LogP contribution in [0.3, 0.4) is 0 Å². The summed E-state index contributed by atoms with van der Waals surface area (Å²) in [7, 11) is 3.73. The van der Waals surface area contributed by atoms with Gasteiger partial charge < -0.3 is 9.80 Å². The molecule has 5 nitrogen and oxygen atoms in total. The van der Waals surface area contributed by atoms with Gasteiger partial charge in [0.2, 0.25) is 11.8 Å². The first-order valence-electron chi connectivity index (χ1n) is 5.59. The Kier molecular flexibility index (Phi) is 2.28. The van der Waals surface area contributed by atoms with Gasteiger partial charge in [-0.05, 0) is 27.8 Å². The molecule has 2 fully saturated rings. The molecule has 0 aromatic carbocycles. The van der Waals surface area contributed by atoms with Crippen LogP contribution in [0.25, 0.3) is 0 Å². The third kappa shape index (κ3) is 1.21. The van der Waals surface area contributed by atoms with E-state index >= 15 is 0 Å². The molecule has 0 saturated carbocycles. The Balaban J connectivity index is 2.39. The van der Waals surface area contributed by atoms with Gasteiger partial charge in [0.05, 0.1) is 12.1 Å². The molecule has 2 aliphatic rings. The van der Waals surface area contributed by atoms with E-state index in [9.17, 15) is 9.59 Å². The Bertz CT molecular complexity index is 353. The summed E-state index contributed by atoms with van der Waals surface area (Å²) in [5.41, 5.74) is -0.510. The Morgan fingerprint density at radius 3 is 2.38 bits per heavy atom. The lowest BCUT2D eigenvalue weighted by Crippen LogP contribution is -2.60. The van der Waals surface area contributed by atoms with Gasteiger partial charge in [-0.3, -0.25) is 14.5 Å². The monoisotopic (exact) mass is 225 g/mol. The molecule has 16 heavy (non-hydrogen) atoms. The molecule has 90 valence electrons. The lowest BCUT2D eigenvalue weighted by molar-refractivity contribution is -0.151. The summed E-state index contributed by atoms with van der Waals surface area (Å²) in [6, 6.07) is -0.347. The van der Waals surface area contributed by atoms with Gasteiger partial charge in [0.25, 0.3) is 0 Å². The number of hydrogen-bond acceptors (Lipinski definition) is 3. The predicted molar refractivity (Wildman–Crippen MR) is 59.6 cm³/mol. The van der Waals surface area contributed by atoms with Gasteiger partial charge in [-0.15, -0.1) is 0 Å². The quantitative estimate of drug-likeness (QED) is 0.570. The van der Waals surface area contributed by atoms with Crippen molar-refractivity contribution in [3.63, 3.8) is 0 Å². The van der Waals surface area contributed by atoms with Crippen LogP contribution < -0.4 is 0 Å². The minimum atomic E-state index is -0.510. The highest BCUT2D eigenvalue weighted by Crippen LogP contribution is 2.33. The van der Waals surface area contributed by atoms with Crippen molar-refractivity contribution >= 4 is 11.8 Å². The second-order valence-electron chi connectivity index (χ2n) is 5.26. The van der Waals surface area contributed by atoms with Crippen molar-refractivity contribution in [2.45, 2.75) is 38.5 Å². The summed E-state index contributed by atoms with van der Waals surface area (Å²) in [5.74, 6) is 0.0738. The fraction of sp³-hybridized carbons (Fsp3) is 0.818. The summed E-state index contributed by atoms with van der Waals surface area (Å²) >= 11 is 0. The van der Waals surface area contributed by atoms with Crippen molar-refractivity contribution in [1.29, 1.82) is 0 Å². The maximum absolute atomic E-state index is 12.2. The Labute approximate surface area is 96.0 Å². The SMILES string of the molecule is CC1C(=O)N(C)CC2N1C(=O)C(C)(C)N2C. The van der Waals surface area contributed by atoms with Gasteiger partial charge in [-0.2, -0.15) is 0 Å². The van der Waals surface area contributed by atoms with Gasteiger partial charge >= 0.3 is 0 Å². The van der Waals surface area contributed by atoms with E-state index in [1.165, 1.54) is 0 Å². The molecule has 0 radical (unpaired) electrons. The lowest BCUT2D eigenvalue weighted by atomic mass is 10.0. The normalized spacial score (nSPS) is 34.6. The smallest absolute Gasteiger partial charge is 0.245 e. The van der Waals surface area contributed by atoms with Crippen LogP contribution in [-0.2, 0) is 9.59 Å². The number of amides is 2. The maximum Gasteiger partial charge on any atom is 0.245 e. The molecule has 0 aromatic heterocycles. The van der Waals surface area contributed by atoms with Crippen LogP contribution >= 0.6 is 0 Å². The molecule has 0 spiro atoms.